The van der Waals surface area contributed by atoms with Gasteiger partial charge < -0.3 is 9.47 Å². The Morgan fingerprint density at radius 3 is 2.34 bits per heavy atom. The molecule has 0 aliphatic heterocycles. The Morgan fingerprint density at radius 1 is 0.951 bits per heavy atom. The van der Waals surface area contributed by atoms with E-state index < -0.39 is 17.0 Å². The first-order valence-corrected chi connectivity index (χ1v) is 13.9. The maximum atomic E-state index is 14.1. The molecule has 41 heavy (non-hydrogen) atoms. The number of ketones is 1. The van der Waals surface area contributed by atoms with Crippen molar-refractivity contribution in [1.82, 2.24) is 9.61 Å². The summed E-state index contributed by atoms with van der Waals surface area (Å²) in [6.07, 6.45) is 2.61. The number of nitrogens with zero attached hydrogens (tertiary/aromatic N) is 2. The van der Waals surface area contributed by atoms with Gasteiger partial charge >= 0.3 is 5.97 Å². The van der Waals surface area contributed by atoms with E-state index in [1.165, 1.54) is 22.7 Å². The monoisotopic (exact) mass is 562 g/mol. The molecule has 8 heteroatoms. The quantitative estimate of drug-likeness (QED) is 0.123. The Hall–Kier alpha value is -4.07. The van der Waals surface area contributed by atoms with Gasteiger partial charge in [0.1, 0.15) is 24.8 Å². The molecule has 216 valence electrons. The fourth-order valence-corrected chi connectivity index (χ4v) is 5.21. The van der Waals surface area contributed by atoms with Crippen LogP contribution in [-0.2, 0) is 22.7 Å². The Kier molecular flexibility index (Phi) is 9.53. The average Bonchev–Trinajstić information content (AvgIpc) is 3.26. The summed E-state index contributed by atoms with van der Waals surface area (Å²) in [6.45, 7) is 7.58. The average molecular weight is 563 g/mol. The van der Waals surface area contributed by atoms with E-state index >= 15 is 0 Å². The third-order valence-corrected chi connectivity index (χ3v) is 7.35. The molecule has 0 saturated heterocycles. The van der Waals surface area contributed by atoms with Crippen molar-refractivity contribution < 1.29 is 27.8 Å². The molecular weight excluding hydrogens is 526 g/mol. The van der Waals surface area contributed by atoms with Crippen molar-refractivity contribution in [1.29, 1.82) is 0 Å². The minimum absolute atomic E-state index is 0.0887. The van der Waals surface area contributed by atoms with Crippen LogP contribution in [0, 0.1) is 30.9 Å². The first kappa shape index (κ1) is 29.9. The smallest absolute Gasteiger partial charge is 0.306 e. The molecule has 0 fully saturated rings. The number of carbonyl (C=O) groups excluding carboxylic acids is 2. The summed E-state index contributed by atoms with van der Waals surface area (Å²) < 4.78 is 41.1. The Labute approximate surface area is 239 Å². The van der Waals surface area contributed by atoms with Crippen LogP contribution in [0.5, 0.6) is 5.88 Å². The van der Waals surface area contributed by atoms with E-state index in [9.17, 15) is 18.4 Å². The summed E-state index contributed by atoms with van der Waals surface area (Å²) in [5, 5.41) is 4.52. The van der Waals surface area contributed by atoms with Crippen LogP contribution in [0.1, 0.15) is 78.7 Å². The lowest BCUT2D eigenvalue weighted by atomic mass is 9.77. The van der Waals surface area contributed by atoms with Gasteiger partial charge in [-0.2, -0.15) is 5.10 Å². The van der Waals surface area contributed by atoms with Crippen LogP contribution >= 0.6 is 0 Å². The summed E-state index contributed by atoms with van der Waals surface area (Å²) in [6, 6.07) is 16.7. The Morgan fingerprint density at radius 2 is 1.66 bits per heavy atom. The molecule has 0 N–H and O–H groups in total. The van der Waals surface area contributed by atoms with Crippen molar-refractivity contribution in [3.05, 3.63) is 100 Å². The van der Waals surface area contributed by atoms with E-state index in [0.29, 0.717) is 23.2 Å². The number of esters is 1. The van der Waals surface area contributed by atoms with Gasteiger partial charge in [-0.05, 0) is 61.4 Å². The number of aryl methyl sites for hydroxylation is 2. The topological polar surface area (TPSA) is 69.9 Å². The van der Waals surface area contributed by atoms with Gasteiger partial charge in [0.05, 0.1) is 28.8 Å². The molecule has 0 amide bonds. The van der Waals surface area contributed by atoms with E-state index in [1.54, 1.807) is 13.0 Å². The highest BCUT2D eigenvalue weighted by Gasteiger charge is 2.30. The van der Waals surface area contributed by atoms with Gasteiger partial charge in [-0.25, -0.2) is 13.3 Å². The summed E-state index contributed by atoms with van der Waals surface area (Å²) in [7, 11) is 0. The molecule has 6 nitrogen and oxygen atoms in total. The van der Waals surface area contributed by atoms with Crippen LogP contribution < -0.4 is 4.74 Å². The van der Waals surface area contributed by atoms with E-state index in [2.05, 4.69) is 12.0 Å². The number of hydrogen-bond donors (Lipinski definition) is 0. The summed E-state index contributed by atoms with van der Waals surface area (Å²) in [5.41, 5.74) is 2.73. The zero-order valence-electron chi connectivity index (χ0n) is 24.0. The van der Waals surface area contributed by atoms with E-state index in [-0.39, 0.29) is 49.3 Å². The maximum absolute atomic E-state index is 14.1. The number of pyridine rings is 1. The first-order valence-electron chi connectivity index (χ1n) is 13.9. The molecule has 0 aliphatic rings. The molecule has 0 bridgehead atoms. The highest BCUT2D eigenvalue weighted by molar-refractivity contribution is 6.03. The van der Waals surface area contributed by atoms with Gasteiger partial charge in [0.15, 0.2) is 5.78 Å². The van der Waals surface area contributed by atoms with E-state index in [1.807, 2.05) is 50.2 Å². The van der Waals surface area contributed by atoms with Crippen LogP contribution in [0.25, 0.3) is 5.52 Å². The normalized spacial score (nSPS) is 12.7. The van der Waals surface area contributed by atoms with Crippen LogP contribution in [0.4, 0.5) is 8.78 Å². The molecule has 2 aromatic carbocycles. The minimum atomic E-state index is -0.694. The molecule has 0 spiro atoms. The van der Waals surface area contributed by atoms with Crippen molar-refractivity contribution in [2.75, 3.05) is 0 Å². The van der Waals surface area contributed by atoms with Crippen molar-refractivity contribution >= 4 is 17.3 Å². The molecule has 2 aromatic heterocycles. The number of halogens is 2. The first-order chi connectivity index (χ1) is 19.6. The van der Waals surface area contributed by atoms with Gasteiger partial charge in [0.25, 0.3) is 0 Å². The maximum Gasteiger partial charge on any atom is 0.306 e. The lowest BCUT2D eigenvalue weighted by molar-refractivity contribution is -0.147. The molecule has 2 heterocycles. The predicted octanol–water partition coefficient (Wildman–Crippen LogP) is 7.71. The molecule has 4 rings (SSSR count). The van der Waals surface area contributed by atoms with Gasteiger partial charge in [0, 0.05) is 12.5 Å². The molecule has 0 aliphatic carbocycles. The number of ether oxygens (including phenoxy) is 2. The zero-order chi connectivity index (χ0) is 29.6. The number of hydrogen-bond acceptors (Lipinski definition) is 5. The predicted molar refractivity (Wildman–Crippen MR) is 153 cm³/mol. The molecular formula is C33H36F2N2O4. The van der Waals surface area contributed by atoms with Crippen LogP contribution in [0.15, 0.2) is 60.7 Å². The third kappa shape index (κ3) is 7.37. The van der Waals surface area contributed by atoms with Crippen molar-refractivity contribution in [2.24, 2.45) is 5.41 Å². The number of benzene rings is 2. The zero-order valence-corrected chi connectivity index (χ0v) is 24.0. The summed E-state index contributed by atoms with van der Waals surface area (Å²) in [4.78, 5) is 26.3. The van der Waals surface area contributed by atoms with E-state index in [0.717, 1.165) is 24.0 Å². The highest BCUT2D eigenvalue weighted by Crippen LogP contribution is 2.35. The SMILES string of the molecule is CCCC(C)(CCC(=O)c1c(C)nn2c(OCc3c(F)cccc3F)cc(C)cc12)CC(=O)OCc1ccccc1. The number of carbonyl (C=O) groups is 2. The summed E-state index contributed by atoms with van der Waals surface area (Å²) >= 11 is 0. The second-order valence-corrected chi connectivity index (χ2v) is 10.9. The standard InChI is InChI=1S/C33H36F2N2O4/c1-5-15-33(4,19-31(39)41-20-24-10-7-6-8-11-24)16-14-29(38)32-23(3)36-37-28(32)17-22(2)18-30(37)40-21-25-26(34)12-9-13-27(25)35/h6-13,17-18H,5,14-16,19-21H2,1-4H3. The second kappa shape index (κ2) is 13.1. The molecule has 0 radical (unpaired) electrons. The van der Waals surface area contributed by atoms with Crippen molar-refractivity contribution in [3.8, 4) is 5.88 Å². The van der Waals surface area contributed by atoms with Crippen LogP contribution in [0.3, 0.4) is 0 Å². The second-order valence-electron chi connectivity index (χ2n) is 10.9. The number of Topliss-reactive ketones (excluding diaryl/α,β-unsaturated/α-hetero) is 1. The Balaban J connectivity index is 1.48. The fraction of sp³-hybridized carbons (Fsp3) is 0.364. The number of fused-ring (bicyclic) bond motifs is 1. The largest absolute Gasteiger partial charge is 0.473 e. The molecule has 1 unspecified atom stereocenters. The number of rotatable bonds is 13. The van der Waals surface area contributed by atoms with E-state index in [4.69, 9.17) is 9.47 Å². The molecule has 1 atom stereocenters. The summed E-state index contributed by atoms with van der Waals surface area (Å²) in [5.74, 6) is -1.48. The van der Waals surface area contributed by atoms with Gasteiger partial charge in [0.2, 0.25) is 5.88 Å². The van der Waals surface area contributed by atoms with Crippen LogP contribution in [0.2, 0.25) is 0 Å². The van der Waals surface area contributed by atoms with Gasteiger partial charge in [-0.1, -0.05) is 56.7 Å². The van der Waals surface area contributed by atoms with Crippen molar-refractivity contribution in [3.63, 3.8) is 0 Å². The highest BCUT2D eigenvalue weighted by atomic mass is 19.1. The van der Waals surface area contributed by atoms with Crippen molar-refractivity contribution in [2.45, 2.75) is 73.0 Å². The molecule has 4 aromatic rings. The lowest BCUT2D eigenvalue weighted by Gasteiger charge is -2.28. The van der Waals surface area contributed by atoms with Gasteiger partial charge in [-0.15, -0.1) is 0 Å². The van der Waals surface area contributed by atoms with Crippen LogP contribution in [-0.4, -0.2) is 21.4 Å². The minimum Gasteiger partial charge on any atom is -0.473 e. The number of aromatic nitrogens is 2. The molecule has 0 saturated carbocycles. The Bertz CT molecular complexity index is 1510. The third-order valence-electron chi connectivity index (χ3n) is 7.35. The van der Waals surface area contributed by atoms with Gasteiger partial charge in [-0.3, -0.25) is 9.59 Å². The lowest BCUT2D eigenvalue weighted by Crippen LogP contribution is -2.23. The fourth-order valence-electron chi connectivity index (χ4n) is 5.21.